The average molecular weight is 257 g/mol. The standard InChI is InChI=1S/C12H21ClN4/c1-9(2)17(3)6-4-5-15-12-11(13)7-10(14)8-16-12/h7-9H,4-6,14H2,1-3H3,(H,15,16). The Morgan fingerprint density at radius 2 is 2.24 bits per heavy atom. The summed E-state index contributed by atoms with van der Waals surface area (Å²) in [5.41, 5.74) is 6.16. The number of nitrogens with one attached hydrogen (secondary N) is 1. The van der Waals surface area contributed by atoms with Crippen molar-refractivity contribution in [3.05, 3.63) is 17.3 Å². The summed E-state index contributed by atoms with van der Waals surface area (Å²) in [4.78, 5) is 6.45. The Bertz CT molecular complexity index is 354. The van der Waals surface area contributed by atoms with Crippen LogP contribution >= 0.6 is 11.6 Å². The summed E-state index contributed by atoms with van der Waals surface area (Å²) in [6.07, 6.45) is 2.66. The average Bonchev–Trinajstić information content (AvgIpc) is 2.26. The van der Waals surface area contributed by atoms with E-state index in [9.17, 15) is 0 Å². The fraction of sp³-hybridized carbons (Fsp3) is 0.583. The zero-order valence-electron chi connectivity index (χ0n) is 10.7. The molecule has 0 aliphatic carbocycles. The molecule has 0 aliphatic rings. The van der Waals surface area contributed by atoms with Crippen LogP contribution in [0.25, 0.3) is 0 Å². The van der Waals surface area contributed by atoms with Crippen LogP contribution in [-0.4, -0.2) is 36.1 Å². The first-order chi connectivity index (χ1) is 8.00. The highest BCUT2D eigenvalue weighted by molar-refractivity contribution is 6.33. The van der Waals surface area contributed by atoms with Gasteiger partial charge in [0.05, 0.1) is 16.9 Å². The van der Waals surface area contributed by atoms with E-state index in [4.69, 9.17) is 17.3 Å². The minimum absolute atomic E-state index is 0.571. The van der Waals surface area contributed by atoms with Crippen molar-refractivity contribution in [2.75, 3.05) is 31.2 Å². The van der Waals surface area contributed by atoms with E-state index in [1.165, 1.54) is 0 Å². The molecule has 17 heavy (non-hydrogen) atoms. The van der Waals surface area contributed by atoms with Crippen molar-refractivity contribution >= 4 is 23.1 Å². The second-order valence-electron chi connectivity index (χ2n) is 4.45. The molecule has 0 spiro atoms. The molecule has 0 radical (unpaired) electrons. The quantitative estimate of drug-likeness (QED) is 0.768. The maximum atomic E-state index is 6.01. The Kier molecular flexibility index (Phi) is 5.51. The van der Waals surface area contributed by atoms with Crippen LogP contribution < -0.4 is 11.1 Å². The Morgan fingerprint density at radius 3 is 2.82 bits per heavy atom. The van der Waals surface area contributed by atoms with Gasteiger partial charge in [-0.25, -0.2) is 4.98 Å². The lowest BCUT2D eigenvalue weighted by Gasteiger charge is -2.20. The number of halogens is 1. The van der Waals surface area contributed by atoms with Gasteiger partial charge in [-0.1, -0.05) is 11.6 Å². The Labute approximate surface area is 108 Å². The van der Waals surface area contributed by atoms with Gasteiger partial charge in [-0.2, -0.15) is 0 Å². The highest BCUT2D eigenvalue weighted by Gasteiger charge is 2.04. The normalized spacial score (nSPS) is 11.2. The highest BCUT2D eigenvalue weighted by atomic mass is 35.5. The second kappa shape index (κ2) is 6.67. The molecule has 1 aromatic rings. The summed E-state index contributed by atoms with van der Waals surface area (Å²) in [5.74, 6) is 0.702. The number of rotatable bonds is 6. The maximum absolute atomic E-state index is 6.01. The van der Waals surface area contributed by atoms with Gasteiger partial charge in [0.1, 0.15) is 5.82 Å². The molecular formula is C12H21ClN4. The first-order valence-corrected chi connectivity index (χ1v) is 6.23. The van der Waals surface area contributed by atoms with Gasteiger partial charge in [-0.05, 0) is 39.9 Å². The molecular weight excluding hydrogens is 236 g/mol. The van der Waals surface area contributed by atoms with Gasteiger partial charge in [0.25, 0.3) is 0 Å². The molecule has 0 fully saturated rings. The summed E-state index contributed by atoms with van der Waals surface area (Å²) in [6, 6.07) is 2.28. The number of nitrogens with two attached hydrogens (primary N) is 1. The molecule has 1 rings (SSSR count). The van der Waals surface area contributed by atoms with E-state index in [1.807, 2.05) is 0 Å². The molecule has 0 saturated carbocycles. The Hall–Kier alpha value is -1.00. The van der Waals surface area contributed by atoms with Crippen molar-refractivity contribution in [1.29, 1.82) is 0 Å². The third-order valence-electron chi connectivity index (χ3n) is 2.72. The van der Waals surface area contributed by atoms with Crippen molar-refractivity contribution in [3.63, 3.8) is 0 Å². The monoisotopic (exact) mass is 256 g/mol. The number of pyridine rings is 1. The van der Waals surface area contributed by atoms with Crippen LogP contribution in [0.4, 0.5) is 11.5 Å². The largest absolute Gasteiger partial charge is 0.397 e. The Balaban J connectivity index is 2.31. The van der Waals surface area contributed by atoms with Crippen LogP contribution in [-0.2, 0) is 0 Å². The van der Waals surface area contributed by atoms with Crippen LogP contribution in [0.5, 0.6) is 0 Å². The predicted molar refractivity (Wildman–Crippen MR) is 74.5 cm³/mol. The third kappa shape index (κ3) is 4.79. The number of anilines is 2. The van der Waals surface area contributed by atoms with Crippen LogP contribution in [0, 0.1) is 0 Å². The van der Waals surface area contributed by atoms with Crippen LogP contribution in [0.3, 0.4) is 0 Å². The van der Waals surface area contributed by atoms with Gasteiger partial charge in [0.2, 0.25) is 0 Å². The van der Waals surface area contributed by atoms with Gasteiger partial charge in [-0.15, -0.1) is 0 Å². The lowest BCUT2D eigenvalue weighted by atomic mass is 10.3. The molecule has 0 unspecified atom stereocenters. The molecule has 0 atom stereocenters. The van der Waals surface area contributed by atoms with Crippen LogP contribution in [0.2, 0.25) is 5.02 Å². The van der Waals surface area contributed by atoms with Crippen molar-refractivity contribution in [3.8, 4) is 0 Å². The molecule has 3 N–H and O–H groups in total. The topological polar surface area (TPSA) is 54.2 Å². The van der Waals surface area contributed by atoms with Crippen molar-refractivity contribution < 1.29 is 0 Å². The summed E-state index contributed by atoms with van der Waals surface area (Å²) >= 11 is 6.01. The van der Waals surface area contributed by atoms with Crippen LogP contribution in [0.15, 0.2) is 12.3 Å². The molecule has 4 nitrogen and oxygen atoms in total. The number of aromatic nitrogens is 1. The molecule has 0 aromatic carbocycles. The highest BCUT2D eigenvalue weighted by Crippen LogP contribution is 2.20. The molecule has 1 heterocycles. The van der Waals surface area contributed by atoms with E-state index >= 15 is 0 Å². The van der Waals surface area contributed by atoms with E-state index in [-0.39, 0.29) is 0 Å². The fourth-order valence-electron chi connectivity index (χ4n) is 1.38. The molecule has 0 saturated heterocycles. The maximum Gasteiger partial charge on any atom is 0.144 e. The summed E-state index contributed by atoms with van der Waals surface area (Å²) in [7, 11) is 2.12. The first-order valence-electron chi connectivity index (χ1n) is 5.86. The minimum Gasteiger partial charge on any atom is -0.397 e. The first kappa shape index (κ1) is 14.1. The van der Waals surface area contributed by atoms with Crippen LogP contribution in [0.1, 0.15) is 20.3 Å². The molecule has 0 aliphatic heterocycles. The summed E-state index contributed by atoms with van der Waals surface area (Å²) < 4.78 is 0. The molecule has 96 valence electrons. The minimum atomic E-state index is 0.571. The fourth-order valence-corrected chi connectivity index (χ4v) is 1.62. The summed E-state index contributed by atoms with van der Waals surface area (Å²) in [5, 5.41) is 3.78. The van der Waals surface area contributed by atoms with Crippen molar-refractivity contribution in [2.24, 2.45) is 0 Å². The second-order valence-corrected chi connectivity index (χ2v) is 4.86. The van der Waals surface area contributed by atoms with Crippen molar-refractivity contribution in [2.45, 2.75) is 26.3 Å². The number of nitrogen functional groups attached to an aromatic ring is 1. The number of nitrogens with zero attached hydrogens (tertiary/aromatic N) is 2. The van der Waals surface area contributed by atoms with Gasteiger partial charge in [0, 0.05) is 12.6 Å². The molecule has 1 aromatic heterocycles. The smallest absolute Gasteiger partial charge is 0.144 e. The number of hydrogen-bond donors (Lipinski definition) is 2. The van der Waals surface area contributed by atoms with E-state index in [0.29, 0.717) is 22.6 Å². The van der Waals surface area contributed by atoms with E-state index < -0.39 is 0 Å². The predicted octanol–water partition coefficient (Wildman–Crippen LogP) is 2.46. The van der Waals surface area contributed by atoms with E-state index in [1.54, 1.807) is 12.3 Å². The SMILES string of the molecule is CC(C)N(C)CCCNc1ncc(N)cc1Cl. The molecule has 5 heteroatoms. The Morgan fingerprint density at radius 1 is 1.53 bits per heavy atom. The summed E-state index contributed by atoms with van der Waals surface area (Å²) in [6.45, 7) is 6.28. The molecule has 0 bridgehead atoms. The lowest BCUT2D eigenvalue weighted by molar-refractivity contribution is 0.273. The van der Waals surface area contributed by atoms with Gasteiger partial charge < -0.3 is 16.0 Å². The van der Waals surface area contributed by atoms with E-state index in [0.717, 1.165) is 19.5 Å². The van der Waals surface area contributed by atoms with Gasteiger partial charge in [-0.3, -0.25) is 0 Å². The zero-order chi connectivity index (χ0) is 12.8. The van der Waals surface area contributed by atoms with Gasteiger partial charge >= 0.3 is 0 Å². The van der Waals surface area contributed by atoms with Gasteiger partial charge in [0.15, 0.2) is 0 Å². The number of hydrogen-bond acceptors (Lipinski definition) is 4. The zero-order valence-corrected chi connectivity index (χ0v) is 11.5. The molecule has 0 amide bonds. The van der Waals surface area contributed by atoms with Crippen molar-refractivity contribution in [1.82, 2.24) is 9.88 Å². The van der Waals surface area contributed by atoms with E-state index in [2.05, 4.69) is 36.1 Å². The third-order valence-corrected chi connectivity index (χ3v) is 3.01. The lowest BCUT2D eigenvalue weighted by Crippen LogP contribution is -2.28.